The molecule has 0 aliphatic carbocycles. The molecule has 0 aromatic heterocycles. The summed E-state index contributed by atoms with van der Waals surface area (Å²) in [5.74, 6) is 0. The van der Waals surface area contributed by atoms with E-state index in [-0.39, 0.29) is 11.6 Å². The number of anilines is 2. The van der Waals surface area contributed by atoms with Crippen molar-refractivity contribution >= 4 is 17.4 Å². The van der Waals surface area contributed by atoms with Crippen LogP contribution in [0.1, 0.15) is 13.8 Å². The first-order chi connectivity index (χ1) is 8.49. The third kappa shape index (κ3) is 2.73. The van der Waals surface area contributed by atoms with Gasteiger partial charge in [0, 0.05) is 17.9 Å². The zero-order chi connectivity index (χ0) is 13.2. The summed E-state index contributed by atoms with van der Waals surface area (Å²) in [4.78, 5) is 14.0. The van der Waals surface area contributed by atoms with Crippen molar-refractivity contribution in [3.63, 3.8) is 0 Å². The van der Waals surface area contributed by atoms with Gasteiger partial charge in [0.1, 0.15) is 0 Å². The molecular weight excluding hydrogens is 230 g/mol. The van der Waals surface area contributed by atoms with Gasteiger partial charge < -0.3 is 20.7 Å². The van der Waals surface area contributed by atoms with E-state index in [1.165, 1.54) is 0 Å². The fourth-order valence-electron chi connectivity index (χ4n) is 2.04. The van der Waals surface area contributed by atoms with Crippen LogP contribution in [-0.2, 0) is 4.74 Å². The Balaban J connectivity index is 2.07. The second kappa shape index (κ2) is 4.86. The van der Waals surface area contributed by atoms with Gasteiger partial charge in [-0.05, 0) is 32.0 Å². The molecule has 0 spiro atoms. The zero-order valence-electron chi connectivity index (χ0n) is 10.8. The molecule has 2 amide bonds. The summed E-state index contributed by atoms with van der Waals surface area (Å²) in [5.41, 5.74) is 6.74. The molecule has 18 heavy (non-hydrogen) atoms. The number of nitrogens with one attached hydrogen (secondary N) is 1. The maximum Gasteiger partial charge on any atom is 0.322 e. The molecule has 1 aromatic rings. The summed E-state index contributed by atoms with van der Waals surface area (Å²) in [5, 5.41) is 2.86. The van der Waals surface area contributed by atoms with E-state index < -0.39 is 0 Å². The Labute approximate surface area is 107 Å². The summed E-state index contributed by atoms with van der Waals surface area (Å²) >= 11 is 0. The maximum absolute atomic E-state index is 12.2. The Bertz CT molecular complexity index is 446. The van der Waals surface area contributed by atoms with E-state index in [2.05, 4.69) is 5.32 Å². The predicted octanol–water partition coefficient (Wildman–Crippen LogP) is 1.91. The monoisotopic (exact) mass is 249 g/mol. The summed E-state index contributed by atoms with van der Waals surface area (Å²) in [6, 6.07) is 7.05. The molecule has 0 saturated carbocycles. The van der Waals surface area contributed by atoms with Crippen molar-refractivity contribution in [1.82, 2.24) is 4.90 Å². The van der Waals surface area contributed by atoms with Crippen LogP contribution in [-0.4, -0.2) is 36.2 Å². The van der Waals surface area contributed by atoms with Gasteiger partial charge in [-0.3, -0.25) is 0 Å². The van der Waals surface area contributed by atoms with E-state index in [4.69, 9.17) is 10.5 Å². The third-order valence-electron chi connectivity index (χ3n) is 3.03. The first-order valence-corrected chi connectivity index (χ1v) is 6.01. The highest BCUT2D eigenvalue weighted by Crippen LogP contribution is 2.21. The van der Waals surface area contributed by atoms with Gasteiger partial charge in [0.15, 0.2) is 0 Å². The number of morpholine rings is 1. The standard InChI is InChI=1S/C13H19N3O2/c1-13(2)9-18-7-6-16(13)12(17)15-11-5-3-4-10(14)8-11/h3-5,8H,6-7,9,14H2,1-2H3,(H,15,17). The Morgan fingerprint density at radius 1 is 1.50 bits per heavy atom. The minimum Gasteiger partial charge on any atom is -0.399 e. The number of carbonyl (C=O) groups is 1. The molecule has 0 atom stereocenters. The molecule has 0 unspecified atom stereocenters. The molecule has 5 nitrogen and oxygen atoms in total. The van der Waals surface area contributed by atoms with Crippen molar-refractivity contribution in [3.05, 3.63) is 24.3 Å². The highest BCUT2D eigenvalue weighted by Gasteiger charge is 2.34. The van der Waals surface area contributed by atoms with E-state index >= 15 is 0 Å². The van der Waals surface area contributed by atoms with E-state index in [0.717, 1.165) is 0 Å². The second-order valence-corrected chi connectivity index (χ2v) is 5.07. The fraction of sp³-hybridized carbons (Fsp3) is 0.462. The topological polar surface area (TPSA) is 67.6 Å². The number of urea groups is 1. The van der Waals surface area contributed by atoms with Gasteiger partial charge >= 0.3 is 6.03 Å². The first-order valence-electron chi connectivity index (χ1n) is 6.01. The van der Waals surface area contributed by atoms with Crippen molar-refractivity contribution in [2.24, 2.45) is 0 Å². The van der Waals surface area contributed by atoms with E-state index in [0.29, 0.717) is 31.1 Å². The number of nitrogens with zero attached hydrogens (tertiary/aromatic N) is 1. The molecule has 1 heterocycles. The van der Waals surface area contributed by atoms with Crippen LogP contribution < -0.4 is 11.1 Å². The third-order valence-corrected chi connectivity index (χ3v) is 3.03. The molecular formula is C13H19N3O2. The van der Waals surface area contributed by atoms with Gasteiger partial charge in [-0.15, -0.1) is 0 Å². The maximum atomic E-state index is 12.2. The molecule has 3 N–H and O–H groups in total. The van der Waals surface area contributed by atoms with E-state index in [1.54, 1.807) is 17.0 Å². The largest absolute Gasteiger partial charge is 0.399 e. The lowest BCUT2D eigenvalue weighted by Gasteiger charge is -2.41. The zero-order valence-corrected chi connectivity index (χ0v) is 10.8. The smallest absolute Gasteiger partial charge is 0.322 e. The molecule has 1 aliphatic heterocycles. The van der Waals surface area contributed by atoms with Gasteiger partial charge in [-0.25, -0.2) is 4.79 Å². The molecule has 1 saturated heterocycles. The second-order valence-electron chi connectivity index (χ2n) is 5.07. The summed E-state index contributed by atoms with van der Waals surface area (Å²) < 4.78 is 5.39. The number of hydrogen-bond acceptors (Lipinski definition) is 3. The Morgan fingerprint density at radius 2 is 2.28 bits per heavy atom. The van der Waals surface area contributed by atoms with Crippen LogP contribution in [0.2, 0.25) is 0 Å². The molecule has 5 heteroatoms. The van der Waals surface area contributed by atoms with Crippen molar-refractivity contribution in [3.8, 4) is 0 Å². The van der Waals surface area contributed by atoms with Crippen LogP contribution in [0.15, 0.2) is 24.3 Å². The van der Waals surface area contributed by atoms with Crippen LogP contribution in [0.25, 0.3) is 0 Å². The van der Waals surface area contributed by atoms with Crippen LogP contribution >= 0.6 is 0 Å². The summed E-state index contributed by atoms with van der Waals surface area (Å²) in [6.07, 6.45) is 0. The number of nitrogens with two attached hydrogens (primary N) is 1. The van der Waals surface area contributed by atoms with E-state index in [1.807, 2.05) is 26.0 Å². The number of hydrogen-bond donors (Lipinski definition) is 2. The van der Waals surface area contributed by atoms with Gasteiger partial charge in [0.25, 0.3) is 0 Å². The van der Waals surface area contributed by atoms with Crippen LogP contribution in [0.5, 0.6) is 0 Å². The molecule has 2 rings (SSSR count). The Hall–Kier alpha value is -1.75. The van der Waals surface area contributed by atoms with E-state index in [9.17, 15) is 4.79 Å². The van der Waals surface area contributed by atoms with Gasteiger partial charge in [-0.2, -0.15) is 0 Å². The van der Waals surface area contributed by atoms with Gasteiger partial charge in [0.05, 0.1) is 18.8 Å². The molecule has 98 valence electrons. The summed E-state index contributed by atoms with van der Waals surface area (Å²) in [6.45, 7) is 5.71. The van der Waals surface area contributed by atoms with Crippen molar-refractivity contribution in [2.45, 2.75) is 19.4 Å². The minimum absolute atomic E-state index is 0.117. The molecule has 1 aliphatic rings. The lowest BCUT2D eigenvalue weighted by Crippen LogP contribution is -2.56. The van der Waals surface area contributed by atoms with Crippen LogP contribution in [0, 0.1) is 0 Å². The molecule has 0 bridgehead atoms. The first kappa shape index (κ1) is 12.7. The summed E-state index contributed by atoms with van der Waals surface area (Å²) in [7, 11) is 0. The fourth-order valence-corrected chi connectivity index (χ4v) is 2.04. The van der Waals surface area contributed by atoms with Crippen molar-refractivity contribution in [2.75, 3.05) is 30.8 Å². The normalized spacial score (nSPS) is 18.4. The number of ether oxygens (including phenoxy) is 1. The highest BCUT2D eigenvalue weighted by atomic mass is 16.5. The molecule has 0 radical (unpaired) electrons. The Kier molecular flexibility index (Phi) is 3.43. The average molecular weight is 249 g/mol. The van der Waals surface area contributed by atoms with Crippen molar-refractivity contribution in [1.29, 1.82) is 0 Å². The molecule has 1 fully saturated rings. The predicted molar refractivity (Wildman–Crippen MR) is 71.5 cm³/mol. The number of rotatable bonds is 1. The number of carbonyl (C=O) groups excluding carboxylic acids is 1. The van der Waals surface area contributed by atoms with Crippen molar-refractivity contribution < 1.29 is 9.53 Å². The van der Waals surface area contributed by atoms with Crippen LogP contribution in [0.3, 0.4) is 0 Å². The quantitative estimate of drug-likeness (QED) is 0.747. The molecule has 1 aromatic carbocycles. The SMILES string of the molecule is CC1(C)COCCN1C(=O)Nc1cccc(N)c1. The average Bonchev–Trinajstić information content (AvgIpc) is 2.28. The lowest BCUT2D eigenvalue weighted by atomic mass is 10.0. The number of amides is 2. The lowest BCUT2D eigenvalue weighted by molar-refractivity contribution is -0.0249. The van der Waals surface area contributed by atoms with Crippen LogP contribution in [0.4, 0.5) is 16.2 Å². The Morgan fingerprint density at radius 3 is 2.94 bits per heavy atom. The van der Waals surface area contributed by atoms with Gasteiger partial charge in [-0.1, -0.05) is 6.07 Å². The van der Waals surface area contributed by atoms with Gasteiger partial charge in [0.2, 0.25) is 0 Å². The highest BCUT2D eigenvalue weighted by molar-refractivity contribution is 5.90. The number of benzene rings is 1. The number of nitrogen functional groups attached to an aromatic ring is 1. The minimum atomic E-state index is -0.289.